The van der Waals surface area contributed by atoms with E-state index in [-0.39, 0.29) is 13.2 Å². The predicted octanol–water partition coefficient (Wildman–Crippen LogP) is 1.88. The van der Waals surface area contributed by atoms with Crippen molar-refractivity contribution in [1.29, 1.82) is 0 Å². The maximum absolute atomic E-state index is 9.64. The maximum Gasteiger partial charge on any atom is 0.126 e. The first-order chi connectivity index (χ1) is 9.04. The minimum Gasteiger partial charge on any atom is -0.490 e. The van der Waals surface area contributed by atoms with Gasteiger partial charge in [-0.2, -0.15) is 0 Å². The first-order valence-corrected chi connectivity index (χ1v) is 6.66. The van der Waals surface area contributed by atoms with E-state index in [1.54, 1.807) is 7.11 Å². The summed E-state index contributed by atoms with van der Waals surface area (Å²) in [5.74, 6) is 0.853. The van der Waals surface area contributed by atoms with Crippen LogP contribution >= 0.6 is 0 Å². The average Bonchev–Trinajstić information content (AvgIpc) is 2.35. The quantitative estimate of drug-likeness (QED) is 0.755. The van der Waals surface area contributed by atoms with E-state index >= 15 is 0 Å². The van der Waals surface area contributed by atoms with Crippen molar-refractivity contribution in [1.82, 2.24) is 5.32 Å². The van der Waals surface area contributed by atoms with Gasteiger partial charge in [0.1, 0.15) is 18.5 Å². The molecule has 1 aromatic carbocycles. The van der Waals surface area contributed by atoms with Crippen LogP contribution in [0.1, 0.15) is 25.0 Å². The molecule has 0 bridgehead atoms. The molecule has 0 fully saturated rings. The van der Waals surface area contributed by atoms with Gasteiger partial charge in [0.2, 0.25) is 0 Å². The molecule has 0 aliphatic heterocycles. The highest BCUT2D eigenvalue weighted by Gasteiger charge is 2.10. The van der Waals surface area contributed by atoms with Gasteiger partial charge in [0, 0.05) is 25.3 Å². The molecule has 0 heterocycles. The van der Waals surface area contributed by atoms with Gasteiger partial charge in [0.05, 0.1) is 6.61 Å². The molecular formula is C15H25NO3. The van der Waals surface area contributed by atoms with Crippen molar-refractivity contribution in [2.24, 2.45) is 0 Å². The number of benzene rings is 1. The van der Waals surface area contributed by atoms with Gasteiger partial charge < -0.3 is 19.9 Å². The highest BCUT2D eigenvalue weighted by Crippen LogP contribution is 2.23. The zero-order valence-electron chi connectivity index (χ0n) is 12.3. The lowest BCUT2D eigenvalue weighted by Crippen LogP contribution is -2.25. The topological polar surface area (TPSA) is 50.7 Å². The molecule has 0 saturated heterocycles. The molecule has 19 heavy (non-hydrogen) atoms. The molecule has 0 saturated carbocycles. The van der Waals surface area contributed by atoms with E-state index < -0.39 is 6.10 Å². The Morgan fingerprint density at radius 1 is 1.26 bits per heavy atom. The Kier molecular flexibility index (Phi) is 6.84. The Hall–Kier alpha value is -1.10. The van der Waals surface area contributed by atoms with Gasteiger partial charge >= 0.3 is 0 Å². The summed E-state index contributed by atoms with van der Waals surface area (Å²) in [6.45, 7) is 7.52. The van der Waals surface area contributed by atoms with Crippen LogP contribution < -0.4 is 10.1 Å². The Labute approximate surface area is 115 Å². The van der Waals surface area contributed by atoms with Crippen molar-refractivity contribution in [2.75, 3.05) is 20.3 Å². The minimum atomic E-state index is -0.601. The molecular weight excluding hydrogens is 242 g/mol. The molecule has 2 N–H and O–H groups in total. The van der Waals surface area contributed by atoms with Gasteiger partial charge in [-0.25, -0.2) is 0 Å². The molecule has 0 aliphatic carbocycles. The van der Waals surface area contributed by atoms with Crippen LogP contribution in [0, 0.1) is 6.92 Å². The number of nitrogens with one attached hydrogen (secondary N) is 1. The first-order valence-electron chi connectivity index (χ1n) is 6.66. The van der Waals surface area contributed by atoms with Crippen molar-refractivity contribution < 1.29 is 14.6 Å². The molecule has 1 aromatic rings. The molecule has 108 valence electrons. The summed E-state index contributed by atoms with van der Waals surface area (Å²) in [6.07, 6.45) is -0.601. The molecule has 0 aliphatic rings. The highest BCUT2D eigenvalue weighted by atomic mass is 16.5. The molecule has 0 spiro atoms. The third kappa shape index (κ3) is 5.59. The molecule has 0 radical (unpaired) electrons. The zero-order chi connectivity index (χ0) is 14.3. The van der Waals surface area contributed by atoms with Crippen LogP contribution in [0.5, 0.6) is 5.75 Å². The van der Waals surface area contributed by atoms with Crippen LogP contribution in [-0.2, 0) is 11.3 Å². The summed E-state index contributed by atoms with van der Waals surface area (Å²) >= 11 is 0. The SMILES string of the molecule is COCC(O)COc1c(C)cccc1CNC(C)C. The first kappa shape index (κ1) is 16.0. The predicted molar refractivity (Wildman–Crippen MR) is 76.5 cm³/mol. The van der Waals surface area contributed by atoms with Gasteiger partial charge in [-0.1, -0.05) is 32.0 Å². The number of hydrogen-bond donors (Lipinski definition) is 2. The maximum atomic E-state index is 9.64. The normalized spacial score (nSPS) is 12.7. The number of aliphatic hydroxyl groups excluding tert-OH is 1. The van der Waals surface area contributed by atoms with Crippen LogP contribution in [0.2, 0.25) is 0 Å². The molecule has 4 nitrogen and oxygen atoms in total. The molecule has 4 heteroatoms. The summed E-state index contributed by atoms with van der Waals surface area (Å²) in [4.78, 5) is 0. The number of ether oxygens (including phenoxy) is 2. The number of hydrogen-bond acceptors (Lipinski definition) is 4. The number of methoxy groups -OCH3 is 1. The summed E-state index contributed by atoms with van der Waals surface area (Å²) in [5, 5.41) is 13.0. The fourth-order valence-corrected chi connectivity index (χ4v) is 1.79. The lowest BCUT2D eigenvalue weighted by Gasteiger charge is -2.17. The lowest BCUT2D eigenvalue weighted by atomic mass is 10.1. The molecule has 1 unspecified atom stereocenters. The summed E-state index contributed by atoms with van der Waals surface area (Å²) < 4.78 is 10.6. The smallest absolute Gasteiger partial charge is 0.126 e. The average molecular weight is 267 g/mol. The number of rotatable bonds is 8. The largest absolute Gasteiger partial charge is 0.490 e. The third-order valence-corrected chi connectivity index (χ3v) is 2.77. The zero-order valence-corrected chi connectivity index (χ0v) is 12.3. The third-order valence-electron chi connectivity index (χ3n) is 2.77. The molecule has 0 amide bonds. The fraction of sp³-hybridized carbons (Fsp3) is 0.600. The van der Waals surface area contributed by atoms with E-state index in [9.17, 15) is 5.11 Å². The van der Waals surface area contributed by atoms with E-state index in [4.69, 9.17) is 9.47 Å². The summed E-state index contributed by atoms with van der Waals surface area (Å²) in [6, 6.07) is 6.50. The monoisotopic (exact) mass is 267 g/mol. The second-order valence-corrected chi connectivity index (χ2v) is 5.02. The molecule has 1 atom stereocenters. The van der Waals surface area contributed by atoms with Gasteiger partial charge in [-0.05, 0) is 12.5 Å². The van der Waals surface area contributed by atoms with Gasteiger partial charge in [-0.15, -0.1) is 0 Å². The van der Waals surface area contributed by atoms with Crippen LogP contribution in [-0.4, -0.2) is 37.6 Å². The Balaban J connectivity index is 2.68. The number of aryl methyl sites for hydroxylation is 1. The van der Waals surface area contributed by atoms with Crippen molar-refractivity contribution in [3.05, 3.63) is 29.3 Å². The fourth-order valence-electron chi connectivity index (χ4n) is 1.79. The van der Waals surface area contributed by atoms with Gasteiger partial charge in [-0.3, -0.25) is 0 Å². The van der Waals surface area contributed by atoms with Gasteiger partial charge in [0.25, 0.3) is 0 Å². The summed E-state index contributed by atoms with van der Waals surface area (Å²) in [7, 11) is 1.56. The van der Waals surface area contributed by atoms with Crippen LogP contribution in [0.4, 0.5) is 0 Å². The van der Waals surface area contributed by atoms with Crippen molar-refractivity contribution in [2.45, 2.75) is 39.5 Å². The Morgan fingerprint density at radius 3 is 2.63 bits per heavy atom. The van der Waals surface area contributed by atoms with Crippen molar-refractivity contribution in [3.63, 3.8) is 0 Å². The highest BCUT2D eigenvalue weighted by molar-refractivity contribution is 5.40. The molecule has 0 aromatic heterocycles. The Bertz CT molecular complexity index is 380. The van der Waals surface area contributed by atoms with Crippen LogP contribution in [0.3, 0.4) is 0 Å². The van der Waals surface area contributed by atoms with Gasteiger partial charge in [0.15, 0.2) is 0 Å². The standard InChI is InChI=1S/C15H25NO3/c1-11(2)16-8-13-7-5-6-12(3)15(13)19-10-14(17)9-18-4/h5-7,11,14,16-17H,8-10H2,1-4H3. The van der Waals surface area contributed by atoms with Crippen LogP contribution in [0.25, 0.3) is 0 Å². The number of para-hydroxylation sites is 1. The second-order valence-electron chi connectivity index (χ2n) is 5.02. The summed E-state index contributed by atoms with van der Waals surface area (Å²) in [5.41, 5.74) is 2.19. The minimum absolute atomic E-state index is 0.243. The van der Waals surface area contributed by atoms with Crippen molar-refractivity contribution >= 4 is 0 Å². The lowest BCUT2D eigenvalue weighted by molar-refractivity contribution is 0.0321. The van der Waals surface area contributed by atoms with E-state index in [0.717, 1.165) is 23.4 Å². The second kappa shape index (κ2) is 8.15. The van der Waals surface area contributed by atoms with E-state index in [1.165, 1.54) is 0 Å². The van der Waals surface area contributed by atoms with E-state index in [0.29, 0.717) is 6.04 Å². The number of aliphatic hydroxyl groups is 1. The Morgan fingerprint density at radius 2 is 2.00 bits per heavy atom. The van der Waals surface area contributed by atoms with Crippen LogP contribution in [0.15, 0.2) is 18.2 Å². The molecule has 1 rings (SSSR count). The van der Waals surface area contributed by atoms with E-state index in [2.05, 4.69) is 19.2 Å². The van der Waals surface area contributed by atoms with Crippen molar-refractivity contribution in [3.8, 4) is 5.75 Å². The van der Waals surface area contributed by atoms with E-state index in [1.807, 2.05) is 25.1 Å².